The van der Waals surface area contributed by atoms with E-state index in [4.69, 9.17) is 0 Å². The van der Waals surface area contributed by atoms with Crippen LogP contribution >= 0.6 is 0 Å². The van der Waals surface area contributed by atoms with Gasteiger partial charge in [0.05, 0.1) is 17.4 Å². The number of aromatic nitrogens is 1. The van der Waals surface area contributed by atoms with Gasteiger partial charge in [0.1, 0.15) is 0 Å². The summed E-state index contributed by atoms with van der Waals surface area (Å²) >= 11 is 0. The van der Waals surface area contributed by atoms with Crippen molar-refractivity contribution in [2.45, 2.75) is 64.1 Å². The molecule has 0 aliphatic rings. The molecule has 2 nitrogen and oxygen atoms in total. The Balaban J connectivity index is 2.34. The maximum Gasteiger partial charge on any atom is 0.417 e. The van der Waals surface area contributed by atoms with Gasteiger partial charge in [-0.2, -0.15) is 13.2 Å². The van der Waals surface area contributed by atoms with Crippen LogP contribution in [0.3, 0.4) is 0 Å². The molecular weight excluding hydrogens is 267 g/mol. The van der Waals surface area contributed by atoms with E-state index in [9.17, 15) is 18.3 Å². The van der Waals surface area contributed by atoms with E-state index in [-0.39, 0.29) is 0 Å². The van der Waals surface area contributed by atoms with E-state index in [0.29, 0.717) is 12.1 Å². The van der Waals surface area contributed by atoms with Crippen LogP contribution < -0.4 is 0 Å². The second-order valence-electron chi connectivity index (χ2n) is 5.04. The van der Waals surface area contributed by atoms with Crippen LogP contribution in [-0.2, 0) is 6.18 Å². The number of halogens is 3. The lowest BCUT2D eigenvalue weighted by atomic mass is 10.0. The second kappa shape index (κ2) is 8.25. The number of hydrogen-bond donors (Lipinski definition) is 1. The van der Waals surface area contributed by atoms with Crippen molar-refractivity contribution in [2.24, 2.45) is 0 Å². The molecule has 114 valence electrons. The van der Waals surface area contributed by atoms with Crippen molar-refractivity contribution >= 4 is 0 Å². The van der Waals surface area contributed by atoms with Crippen LogP contribution in [0.1, 0.15) is 69.2 Å². The molecule has 1 N–H and O–H groups in total. The number of rotatable bonds is 8. The number of aliphatic hydroxyl groups is 1. The summed E-state index contributed by atoms with van der Waals surface area (Å²) in [6.45, 7) is 2.15. The lowest BCUT2D eigenvalue weighted by molar-refractivity contribution is -0.137. The average Bonchev–Trinajstić information content (AvgIpc) is 2.41. The van der Waals surface area contributed by atoms with E-state index < -0.39 is 17.8 Å². The van der Waals surface area contributed by atoms with E-state index >= 15 is 0 Å². The lowest BCUT2D eigenvalue weighted by Crippen LogP contribution is -2.07. The van der Waals surface area contributed by atoms with Gasteiger partial charge in [0.15, 0.2) is 0 Å². The molecule has 1 atom stereocenters. The first-order chi connectivity index (χ1) is 9.45. The van der Waals surface area contributed by atoms with Gasteiger partial charge >= 0.3 is 6.18 Å². The zero-order chi connectivity index (χ0) is 15.0. The van der Waals surface area contributed by atoms with Gasteiger partial charge in [0.25, 0.3) is 0 Å². The van der Waals surface area contributed by atoms with E-state index in [0.717, 1.165) is 31.5 Å². The van der Waals surface area contributed by atoms with E-state index in [1.807, 2.05) is 0 Å². The molecular formula is C15H22F3NO. The monoisotopic (exact) mass is 289 g/mol. The lowest BCUT2D eigenvalue weighted by Gasteiger charge is -2.11. The van der Waals surface area contributed by atoms with Crippen LogP contribution in [0.25, 0.3) is 0 Å². The predicted molar refractivity (Wildman–Crippen MR) is 72.2 cm³/mol. The Bertz CT molecular complexity index is 376. The molecule has 1 aromatic rings. The molecule has 1 aromatic heterocycles. The van der Waals surface area contributed by atoms with E-state index in [1.54, 1.807) is 0 Å². The van der Waals surface area contributed by atoms with Gasteiger partial charge < -0.3 is 5.11 Å². The van der Waals surface area contributed by atoms with Crippen LogP contribution in [0, 0.1) is 0 Å². The topological polar surface area (TPSA) is 33.1 Å². The fourth-order valence-corrected chi connectivity index (χ4v) is 2.04. The standard InChI is InChI=1S/C15H22F3NO/c1-2-3-4-5-6-7-8-14(20)13-10-9-12(11-19-13)15(16,17)18/h9-11,14,20H,2-8H2,1H3. The first-order valence-electron chi connectivity index (χ1n) is 7.16. The Morgan fingerprint density at radius 1 is 1.10 bits per heavy atom. The molecule has 0 radical (unpaired) electrons. The average molecular weight is 289 g/mol. The molecule has 0 bridgehead atoms. The highest BCUT2D eigenvalue weighted by molar-refractivity contribution is 5.18. The first-order valence-corrected chi connectivity index (χ1v) is 7.16. The van der Waals surface area contributed by atoms with E-state index in [2.05, 4.69) is 11.9 Å². The molecule has 0 aliphatic heterocycles. The van der Waals surface area contributed by atoms with Gasteiger partial charge in [-0.05, 0) is 18.6 Å². The largest absolute Gasteiger partial charge is 0.417 e. The van der Waals surface area contributed by atoms with Crippen LogP contribution in [0.15, 0.2) is 18.3 Å². The second-order valence-corrected chi connectivity index (χ2v) is 5.04. The number of alkyl halides is 3. The highest BCUT2D eigenvalue weighted by atomic mass is 19.4. The molecule has 0 amide bonds. The molecule has 1 heterocycles. The van der Waals surface area contributed by atoms with Gasteiger partial charge in [0.2, 0.25) is 0 Å². The number of hydrogen-bond acceptors (Lipinski definition) is 2. The fraction of sp³-hybridized carbons (Fsp3) is 0.667. The van der Waals surface area contributed by atoms with Crippen molar-refractivity contribution in [1.29, 1.82) is 0 Å². The number of unbranched alkanes of at least 4 members (excludes halogenated alkanes) is 5. The maximum absolute atomic E-state index is 12.4. The van der Waals surface area contributed by atoms with Crippen LogP contribution in [0.2, 0.25) is 0 Å². The third-order valence-electron chi connectivity index (χ3n) is 3.29. The molecule has 20 heavy (non-hydrogen) atoms. The van der Waals surface area contributed by atoms with Crippen molar-refractivity contribution in [3.63, 3.8) is 0 Å². The summed E-state index contributed by atoms with van der Waals surface area (Å²) in [7, 11) is 0. The summed E-state index contributed by atoms with van der Waals surface area (Å²) < 4.78 is 37.1. The Kier molecular flexibility index (Phi) is 6.99. The van der Waals surface area contributed by atoms with Crippen LogP contribution in [0.5, 0.6) is 0 Å². The molecule has 0 saturated heterocycles. The number of pyridine rings is 1. The van der Waals surface area contributed by atoms with Crippen molar-refractivity contribution in [3.05, 3.63) is 29.6 Å². The quantitative estimate of drug-likeness (QED) is 0.691. The molecule has 0 saturated carbocycles. The van der Waals surface area contributed by atoms with Crippen LogP contribution in [-0.4, -0.2) is 10.1 Å². The number of aliphatic hydroxyl groups excluding tert-OH is 1. The van der Waals surface area contributed by atoms with Gasteiger partial charge in [-0.25, -0.2) is 0 Å². The van der Waals surface area contributed by atoms with Crippen molar-refractivity contribution < 1.29 is 18.3 Å². The van der Waals surface area contributed by atoms with Gasteiger partial charge in [-0.1, -0.05) is 45.4 Å². The Morgan fingerprint density at radius 3 is 2.30 bits per heavy atom. The highest BCUT2D eigenvalue weighted by Crippen LogP contribution is 2.29. The van der Waals surface area contributed by atoms with Crippen molar-refractivity contribution in [2.75, 3.05) is 0 Å². The van der Waals surface area contributed by atoms with E-state index in [1.165, 1.54) is 25.3 Å². The molecule has 1 unspecified atom stereocenters. The Morgan fingerprint density at radius 2 is 1.75 bits per heavy atom. The minimum absolute atomic E-state index is 0.312. The Labute approximate surface area is 118 Å². The molecule has 0 fully saturated rings. The van der Waals surface area contributed by atoms with Crippen molar-refractivity contribution in [3.8, 4) is 0 Å². The maximum atomic E-state index is 12.4. The molecule has 0 aromatic carbocycles. The summed E-state index contributed by atoms with van der Waals surface area (Å²) in [6.07, 6.45) is 2.84. The minimum atomic E-state index is -4.38. The summed E-state index contributed by atoms with van der Waals surface area (Å²) in [6, 6.07) is 2.22. The third-order valence-corrected chi connectivity index (χ3v) is 3.29. The highest BCUT2D eigenvalue weighted by Gasteiger charge is 2.30. The summed E-state index contributed by atoms with van der Waals surface area (Å²) in [4.78, 5) is 3.70. The molecule has 0 spiro atoms. The predicted octanol–water partition coefficient (Wildman–Crippen LogP) is 4.88. The minimum Gasteiger partial charge on any atom is -0.387 e. The molecule has 0 aliphatic carbocycles. The summed E-state index contributed by atoms with van der Waals surface area (Å²) in [5.41, 5.74) is -0.473. The third kappa shape index (κ3) is 5.90. The zero-order valence-corrected chi connectivity index (χ0v) is 11.8. The molecule has 1 rings (SSSR count). The van der Waals surface area contributed by atoms with Gasteiger partial charge in [-0.15, -0.1) is 0 Å². The SMILES string of the molecule is CCCCCCCCC(O)c1ccc(C(F)(F)F)cn1. The van der Waals surface area contributed by atoms with Gasteiger partial charge in [-0.3, -0.25) is 4.98 Å². The normalized spacial score (nSPS) is 13.4. The van der Waals surface area contributed by atoms with Gasteiger partial charge in [0, 0.05) is 6.20 Å². The number of nitrogens with zero attached hydrogens (tertiary/aromatic N) is 1. The fourth-order valence-electron chi connectivity index (χ4n) is 2.04. The summed E-state index contributed by atoms with van der Waals surface area (Å²) in [5, 5.41) is 9.87. The van der Waals surface area contributed by atoms with Crippen LogP contribution in [0.4, 0.5) is 13.2 Å². The Hall–Kier alpha value is -1.10. The summed E-state index contributed by atoms with van der Waals surface area (Å²) in [5.74, 6) is 0. The van der Waals surface area contributed by atoms with Crippen molar-refractivity contribution in [1.82, 2.24) is 4.98 Å². The molecule has 5 heteroatoms. The first kappa shape index (κ1) is 17.0. The smallest absolute Gasteiger partial charge is 0.387 e. The zero-order valence-electron chi connectivity index (χ0n) is 11.8.